The predicted octanol–water partition coefficient (Wildman–Crippen LogP) is 10.1. The van der Waals surface area contributed by atoms with Crippen molar-refractivity contribution in [3.63, 3.8) is 0 Å². The van der Waals surface area contributed by atoms with E-state index in [-0.39, 0.29) is 11.9 Å². The number of unbranched alkanes of at least 4 members (excludes halogenated alkanes) is 18. The molecule has 0 atom stereocenters. The lowest BCUT2D eigenvalue weighted by atomic mass is 10.1. The Bertz CT molecular complexity index is 985. The highest BCUT2D eigenvalue weighted by molar-refractivity contribution is 5.69. The van der Waals surface area contributed by atoms with Gasteiger partial charge in [-0.25, -0.2) is 9.13 Å². The van der Waals surface area contributed by atoms with Crippen molar-refractivity contribution < 1.29 is 28.2 Å². The Balaban J connectivity index is 1.45. The molecule has 276 valence electrons. The van der Waals surface area contributed by atoms with Crippen LogP contribution in [0.5, 0.6) is 0 Å². The van der Waals surface area contributed by atoms with Crippen molar-refractivity contribution in [2.75, 3.05) is 13.2 Å². The third-order valence-electron chi connectivity index (χ3n) is 9.55. The minimum absolute atomic E-state index is 0.0681. The van der Waals surface area contributed by atoms with E-state index in [1.807, 2.05) is 0 Å². The molecule has 0 fully saturated rings. The zero-order valence-corrected chi connectivity index (χ0v) is 31.7. The van der Waals surface area contributed by atoms with Crippen LogP contribution in [0.25, 0.3) is 0 Å². The van der Waals surface area contributed by atoms with Crippen LogP contribution in [-0.4, -0.2) is 25.2 Å². The number of nitrogens with zero attached hydrogens (tertiary/aromatic N) is 2. The second-order valence-corrected chi connectivity index (χ2v) is 14.0. The normalized spacial score (nSPS) is 11.1. The minimum atomic E-state index is -0.0681. The summed E-state index contributed by atoms with van der Waals surface area (Å²) >= 11 is 0. The molecular formula is C43H72N2O4+2. The van der Waals surface area contributed by atoms with Gasteiger partial charge in [0.1, 0.15) is 0 Å². The molecule has 0 N–H and O–H groups in total. The Labute approximate surface area is 300 Å². The summed E-state index contributed by atoms with van der Waals surface area (Å²) in [6.07, 6.45) is 38.0. The van der Waals surface area contributed by atoms with Gasteiger partial charge in [0.15, 0.2) is 51.1 Å². The fourth-order valence-electron chi connectivity index (χ4n) is 6.29. The Kier molecular flexibility index (Phi) is 26.0. The fourth-order valence-corrected chi connectivity index (χ4v) is 6.29. The molecule has 2 aromatic rings. The lowest BCUT2D eigenvalue weighted by molar-refractivity contribution is -0.698. The molecule has 0 aliphatic carbocycles. The van der Waals surface area contributed by atoms with Gasteiger partial charge in [0.25, 0.3) is 0 Å². The van der Waals surface area contributed by atoms with Crippen LogP contribution in [0.1, 0.15) is 173 Å². The monoisotopic (exact) mass is 681 g/mol. The summed E-state index contributed by atoms with van der Waals surface area (Å²) in [5, 5.41) is 0. The molecule has 0 bridgehead atoms. The van der Waals surface area contributed by atoms with E-state index >= 15 is 0 Å². The van der Waals surface area contributed by atoms with Crippen molar-refractivity contribution in [1.82, 2.24) is 0 Å². The number of ether oxygens (including phenoxy) is 2. The van der Waals surface area contributed by atoms with Crippen LogP contribution in [0.2, 0.25) is 0 Å². The van der Waals surface area contributed by atoms with Gasteiger partial charge in [0.2, 0.25) is 0 Å². The Morgan fingerprint density at radius 2 is 0.755 bits per heavy atom. The maximum atomic E-state index is 12.1. The summed E-state index contributed by atoms with van der Waals surface area (Å²) in [4.78, 5) is 24.2. The lowest BCUT2D eigenvalue weighted by Crippen LogP contribution is -2.35. The molecule has 0 unspecified atom stereocenters. The molecule has 0 saturated heterocycles. The average molecular weight is 681 g/mol. The average Bonchev–Trinajstić information content (AvgIpc) is 3.11. The summed E-state index contributed by atoms with van der Waals surface area (Å²) in [5.41, 5.74) is 2.64. The number of aromatic nitrogens is 2. The van der Waals surface area contributed by atoms with Gasteiger partial charge >= 0.3 is 11.9 Å². The minimum Gasteiger partial charge on any atom is -0.459 e. The number of carbonyl (C=O) groups excluding carboxylic acids is 2. The molecular weight excluding hydrogens is 608 g/mol. The molecule has 0 spiro atoms. The smallest absolute Gasteiger partial charge is 0.306 e. The van der Waals surface area contributed by atoms with Gasteiger partial charge in [0, 0.05) is 37.1 Å². The number of hydrogen-bond donors (Lipinski definition) is 0. The SMILES string of the molecule is CCCCCCCCCCCCC(=O)OCC[n+]1ccc(CCCc2cc[n+](CCOC(=O)CCCCCCCCCCCC)cc2)cc1. The summed E-state index contributed by atoms with van der Waals surface area (Å²) in [6.45, 7) is 6.75. The summed E-state index contributed by atoms with van der Waals surface area (Å²) in [5.74, 6) is -0.136. The van der Waals surface area contributed by atoms with Gasteiger partial charge in [-0.1, -0.05) is 129 Å². The van der Waals surface area contributed by atoms with Crippen LogP contribution < -0.4 is 9.13 Å². The van der Waals surface area contributed by atoms with Crippen molar-refractivity contribution in [3.8, 4) is 0 Å². The molecule has 6 nitrogen and oxygen atoms in total. The summed E-state index contributed by atoms with van der Waals surface area (Å²) in [6, 6.07) is 8.68. The van der Waals surface area contributed by atoms with Gasteiger partial charge in [-0.3, -0.25) is 9.59 Å². The lowest BCUT2D eigenvalue weighted by Gasteiger charge is -2.05. The molecule has 0 aromatic carbocycles. The quantitative estimate of drug-likeness (QED) is 0.0438. The van der Waals surface area contributed by atoms with E-state index in [9.17, 15) is 9.59 Å². The molecule has 0 aliphatic rings. The fraction of sp³-hybridized carbons (Fsp3) is 0.721. The Morgan fingerprint density at radius 1 is 0.449 bits per heavy atom. The first kappa shape index (κ1) is 42.4. The van der Waals surface area contributed by atoms with Crippen LogP contribution in [-0.2, 0) is 45.0 Å². The van der Waals surface area contributed by atoms with Crippen LogP contribution in [0.15, 0.2) is 49.1 Å². The highest BCUT2D eigenvalue weighted by atomic mass is 16.5. The van der Waals surface area contributed by atoms with E-state index in [1.165, 1.54) is 114 Å². The van der Waals surface area contributed by atoms with Crippen LogP contribution in [0.4, 0.5) is 0 Å². The highest BCUT2D eigenvalue weighted by Gasteiger charge is 2.08. The van der Waals surface area contributed by atoms with E-state index in [0.29, 0.717) is 39.1 Å². The summed E-state index contributed by atoms with van der Waals surface area (Å²) < 4.78 is 15.1. The molecule has 0 radical (unpaired) electrons. The highest BCUT2D eigenvalue weighted by Crippen LogP contribution is 2.13. The van der Waals surface area contributed by atoms with Gasteiger partial charge in [0.05, 0.1) is 0 Å². The summed E-state index contributed by atoms with van der Waals surface area (Å²) in [7, 11) is 0. The maximum absolute atomic E-state index is 12.1. The number of hydrogen-bond acceptors (Lipinski definition) is 4. The van der Waals surface area contributed by atoms with Crippen molar-refractivity contribution in [3.05, 3.63) is 60.2 Å². The largest absolute Gasteiger partial charge is 0.459 e. The number of esters is 2. The third kappa shape index (κ3) is 24.1. The van der Waals surface area contributed by atoms with E-state index in [1.54, 1.807) is 0 Å². The van der Waals surface area contributed by atoms with Gasteiger partial charge in [-0.15, -0.1) is 0 Å². The van der Waals surface area contributed by atoms with Crippen molar-refractivity contribution in [2.45, 2.75) is 187 Å². The van der Waals surface area contributed by atoms with E-state index in [4.69, 9.17) is 9.47 Å². The first-order chi connectivity index (χ1) is 24.1. The Hall–Kier alpha value is -2.76. The van der Waals surface area contributed by atoms with Crippen molar-refractivity contribution in [1.29, 1.82) is 0 Å². The predicted molar refractivity (Wildman–Crippen MR) is 200 cm³/mol. The zero-order valence-electron chi connectivity index (χ0n) is 31.7. The second kappa shape index (κ2) is 30.1. The van der Waals surface area contributed by atoms with Crippen LogP contribution in [0.3, 0.4) is 0 Å². The molecule has 6 heteroatoms. The van der Waals surface area contributed by atoms with Crippen LogP contribution >= 0.6 is 0 Å². The van der Waals surface area contributed by atoms with Gasteiger partial charge in [-0.2, -0.15) is 0 Å². The molecule has 0 aliphatic heterocycles. The maximum Gasteiger partial charge on any atom is 0.306 e. The number of rotatable bonds is 32. The molecule has 0 saturated carbocycles. The first-order valence-corrected chi connectivity index (χ1v) is 20.4. The van der Waals surface area contributed by atoms with E-state index in [0.717, 1.165) is 44.9 Å². The number of carbonyl (C=O) groups is 2. The topological polar surface area (TPSA) is 60.4 Å². The first-order valence-electron chi connectivity index (χ1n) is 20.4. The molecule has 0 amide bonds. The van der Waals surface area contributed by atoms with Gasteiger partial charge < -0.3 is 9.47 Å². The Morgan fingerprint density at radius 3 is 1.08 bits per heavy atom. The molecule has 2 rings (SSSR count). The molecule has 49 heavy (non-hydrogen) atoms. The van der Waals surface area contributed by atoms with Crippen molar-refractivity contribution >= 4 is 11.9 Å². The zero-order chi connectivity index (χ0) is 35.0. The number of pyridine rings is 2. The van der Waals surface area contributed by atoms with Gasteiger partial charge in [-0.05, 0) is 43.2 Å². The van der Waals surface area contributed by atoms with E-state index < -0.39 is 0 Å². The molecule has 2 aromatic heterocycles. The number of aryl methyl sites for hydroxylation is 2. The second-order valence-electron chi connectivity index (χ2n) is 14.0. The van der Waals surface area contributed by atoms with E-state index in [2.05, 4.69) is 72.0 Å². The van der Waals surface area contributed by atoms with Crippen molar-refractivity contribution in [2.24, 2.45) is 0 Å². The van der Waals surface area contributed by atoms with Crippen LogP contribution in [0, 0.1) is 0 Å². The third-order valence-corrected chi connectivity index (χ3v) is 9.55. The molecule has 2 heterocycles. The standard InChI is InChI=1S/C43H72N2O4/c1-3-5-7-9-11-13-15-17-19-21-26-42(46)48-38-36-44-32-28-40(29-33-44)24-23-25-41-30-34-45(35-31-41)37-39-49-43(47)27-22-20-18-16-14-12-10-8-6-4-2/h28-35H,3-27,36-39H2,1-2H3/q+2.